The third kappa shape index (κ3) is 2.45. The van der Waals surface area contributed by atoms with Gasteiger partial charge in [-0.15, -0.1) is 0 Å². The molecule has 1 aliphatic carbocycles. The Balaban J connectivity index is 1.50. The van der Waals surface area contributed by atoms with Crippen molar-refractivity contribution >= 4 is 27.9 Å². The summed E-state index contributed by atoms with van der Waals surface area (Å²) in [6, 6.07) is 11.1. The molecule has 2 aliphatic heterocycles. The SMILES string of the molecule is O=C1NC2(CCCc3ccccc32)C(=O)N1Cc1cc2c(cc1Br)OCO2. The zero-order chi connectivity index (χ0) is 18.6. The van der Waals surface area contributed by atoms with Gasteiger partial charge in [0.15, 0.2) is 11.5 Å². The van der Waals surface area contributed by atoms with Crippen molar-refractivity contribution in [1.29, 1.82) is 0 Å². The Hall–Kier alpha value is -2.54. The fraction of sp³-hybridized carbons (Fsp3) is 0.300. The molecule has 1 atom stereocenters. The number of nitrogens with one attached hydrogen (secondary N) is 1. The van der Waals surface area contributed by atoms with Crippen molar-refractivity contribution in [3.8, 4) is 11.5 Å². The summed E-state index contributed by atoms with van der Waals surface area (Å²) in [6.07, 6.45) is 2.41. The molecule has 0 aromatic heterocycles. The number of benzene rings is 2. The van der Waals surface area contributed by atoms with Gasteiger partial charge in [-0.2, -0.15) is 0 Å². The molecule has 6 nitrogen and oxygen atoms in total. The normalized spacial score (nSPS) is 22.9. The molecule has 0 bridgehead atoms. The highest BCUT2D eigenvalue weighted by Gasteiger charge is 2.53. The van der Waals surface area contributed by atoms with Crippen molar-refractivity contribution in [2.75, 3.05) is 6.79 Å². The van der Waals surface area contributed by atoms with Gasteiger partial charge in [-0.1, -0.05) is 40.2 Å². The summed E-state index contributed by atoms with van der Waals surface area (Å²) in [5, 5.41) is 2.98. The van der Waals surface area contributed by atoms with Crippen LogP contribution in [-0.4, -0.2) is 23.6 Å². The number of rotatable bonds is 2. The van der Waals surface area contributed by atoms with Crippen LogP contribution in [0, 0.1) is 0 Å². The van der Waals surface area contributed by atoms with Crippen molar-refractivity contribution in [2.24, 2.45) is 0 Å². The summed E-state index contributed by atoms with van der Waals surface area (Å²) >= 11 is 3.51. The quantitative estimate of drug-likeness (QED) is 0.743. The predicted molar refractivity (Wildman–Crippen MR) is 100 cm³/mol. The van der Waals surface area contributed by atoms with Crippen LogP contribution < -0.4 is 14.8 Å². The Bertz CT molecular complexity index is 976. The lowest BCUT2D eigenvalue weighted by Crippen LogP contribution is -2.46. The number of urea groups is 1. The highest BCUT2D eigenvalue weighted by Crippen LogP contribution is 2.42. The van der Waals surface area contributed by atoms with Crippen LogP contribution in [0.25, 0.3) is 0 Å². The van der Waals surface area contributed by atoms with Gasteiger partial charge in [0.05, 0.1) is 6.54 Å². The van der Waals surface area contributed by atoms with Crippen LogP contribution in [0.3, 0.4) is 0 Å². The molecule has 7 heteroatoms. The molecule has 0 saturated carbocycles. The molecule has 1 saturated heterocycles. The topological polar surface area (TPSA) is 67.9 Å². The van der Waals surface area contributed by atoms with E-state index in [-0.39, 0.29) is 25.3 Å². The third-order valence-corrected chi connectivity index (χ3v) is 6.26. The monoisotopic (exact) mass is 428 g/mol. The number of amides is 3. The second-order valence-corrected chi connectivity index (χ2v) is 7.89. The van der Waals surface area contributed by atoms with Gasteiger partial charge >= 0.3 is 6.03 Å². The van der Waals surface area contributed by atoms with Crippen LogP contribution in [-0.2, 0) is 23.3 Å². The molecular formula is C20H17BrN2O4. The largest absolute Gasteiger partial charge is 0.454 e. The van der Waals surface area contributed by atoms with E-state index in [4.69, 9.17) is 9.47 Å². The lowest BCUT2D eigenvalue weighted by molar-refractivity contribution is -0.132. The van der Waals surface area contributed by atoms with E-state index in [0.717, 1.165) is 34.0 Å². The zero-order valence-corrected chi connectivity index (χ0v) is 16.0. The number of carbonyl (C=O) groups excluding carboxylic acids is 2. The Morgan fingerprint density at radius 3 is 2.78 bits per heavy atom. The Morgan fingerprint density at radius 2 is 1.93 bits per heavy atom. The number of aryl methyl sites for hydroxylation is 1. The van der Waals surface area contributed by atoms with Crippen LogP contribution in [0.2, 0.25) is 0 Å². The minimum atomic E-state index is -0.950. The van der Waals surface area contributed by atoms with Gasteiger partial charge in [-0.25, -0.2) is 4.79 Å². The molecule has 2 aromatic rings. The minimum absolute atomic E-state index is 0.172. The first-order valence-electron chi connectivity index (χ1n) is 8.89. The van der Waals surface area contributed by atoms with E-state index in [1.807, 2.05) is 36.4 Å². The van der Waals surface area contributed by atoms with Crippen molar-refractivity contribution in [2.45, 2.75) is 31.3 Å². The Morgan fingerprint density at radius 1 is 1.15 bits per heavy atom. The second kappa shape index (κ2) is 5.99. The molecule has 1 fully saturated rings. The van der Waals surface area contributed by atoms with E-state index in [2.05, 4.69) is 21.2 Å². The first-order valence-corrected chi connectivity index (χ1v) is 9.68. The van der Waals surface area contributed by atoms with E-state index in [0.29, 0.717) is 17.9 Å². The highest BCUT2D eigenvalue weighted by atomic mass is 79.9. The molecule has 3 aliphatic rings. The molecule has 2 aromatic carbocycles. The van der Waals surface area contributed by atoms with E-state index in [1.165, 1.54) is 4.90 Å². The van der Waals surface area contributed by atoms with Gasteiger partial charge in [0, 0.05) is 4.47 Å². The van der Waals surface area contributed by atoms with Crippen molar-refractivity contribution in [3.05, 3.63) is 57.6 Å². The first-order chi connectivity index (χ1) is 13.1. The minimum Gasteiger partial charge on any atom is -0.454 e. The van der Waals surface area contributed by atoms with Crippen molar-refractivity contribution < 1.29 is 19.1 Å². The van der Waals surface area contributed by atoms with Crippen molar-refractivity contribution in [1.82, 2.24) is 10.2 Å². The second-order valence-electron chi connectivity index (χ2n) is 7.03. The van der Waals surface area contributed by atoms with E-state index >= 15 is 0 Å². The number of halogens is 1. The highest BCUT2D eigenvalue weighted by molar-refractivity contribution is 9.10. The molecule has 5 rings (SSSR count). The first kappa shape index (κ1) is 16.6. The van der Waals surface area contributed by atoms with E-state index < -0.39 is 5.54 Å². The average molecular weight is 429 g/mol. The maximum atomic E-state index is 13.4. The van der Waals surface area contributed by atoms with Crippen LogP contribution in [0.15, 0.2) is 40.9 Å². The summed E-state index contributed by atoms with van der Waals surface area (Å²) < 4.78 is 11.6. The van der Waals surface area contributed by atoms with Gasteiger partial charge in [0.25, 0.3) is 5.91 Å². The number of hydrogen-bond donors (Lipinski definition) is 1. The van der Waals surface area contributed by atoms with Crippen molar-refractivity contribution in [3.63, 3.8) is 0 Å². The molecule has 1 spiro atoms. The number of imide groups is 1. The van der Waals surface area contributed by atoms with E-state index in [1.54, 1.807) is 0 Å². The summed E-state index contributed by atoms with van der Waals surface area (Å²) in [6.45, 7) is 0.347. The standard InChI is InChI=1S/C20H17BrN2O4/c21-15-9-17-16(26-11-27-17)8-13(15)10-23-18(24)20(22-19(23)25)7-3-5-12-4-1-2-6-14(12)20/h1-2,4,6,8-9H,3,5,7,10-11H2,(H,22,25). The molecule has 1 unspecified atom stereocenters. The fourth-order valence-corrected chi connectivity index (χ4v) is 4.65. The van der Waals surface area contributed by atoms with Gasteiger partial charge in [0.2, 0.25) is 6.79 Å². The predicted octanol–water partition coefficient (Wildman–Crippen LogP) is 3.46. The smallest absolute Gasteiger partial charge is 0.325 e. The van der Waals surface area contributed by atoms with Crippen LogP contribution in [0.4, 0.5) is 4.79 Å². The Kier molecular flexibility index (Phi) is 3.69. The maximum absolute atomic E-state index is 13.4. The Labute approximate surface area is 164 Å². The van der Waals surface area contributed by atoms with Gasteiger partial charge < -0.3 is 14.8 Å². The molecule has 1 N–H and O–H groups in total. The fourth-order valence-electron chi connectivity index (χ4n) is 4.21. The molecule has 138 valence electrons. The van der Waals surface area contributed by atoms with Crippen LogP contribution >= 0.6 is 15.9 Å². The number of hydrogen-bond acceptors (Lipinski definition) is 4. The number of nitrogens with zero attached hydrogens (tertiary/aromatic N) is 1. The lowest BCUT2D eigenvalue weighted by atomic mass is 9.76. The average Bonchev–Trinajstić information content (AvgIpc) is 3.20. The summed E-state index contributed by atoms with van der Waals surface area (Å²) in [5.41, 5.74) is 1.89. The summed E-state index contributed by atoms with van der Waals surface area (Å²) in [4.78, 5) is 27.4. The molecule has 27 heavy (non-hydrogen) atoms. The number of fused-ring (bicyclic) bond motifs is 3. The molecule has 2 heterocycles. The molecule has 0 radical (unpaired) electrons. The summed E-state index contributed by atoms with van der Waals surface area (Å²) in [7, 11) is 0. The van der Waals surface area contributed by atoms with Gasteiger partial charge in [0.1, 0.15) is 5.54 Å². The third-order valence-electron chi connectivity index (χ3n) is 5.52. The summed E-state index contributed by atoms with van der Waals surface area (Å²) in [5.74, 6) is 1.09. The van der Waals surface area contributed by atoms with Gasteiger partial charge in [-0.3, -0.25) is 9.69 Å². The molecular weight excluding hydrogens is 412 g/mol. The maximum Gasteiger partial charge on any atom is 0.325 e. The zero-order valence-electron chi connectivity index (χ0n) is 14.5. The number of ether oxygens (including phenoxy) is 2. The van der Waals surface area contributed by atoms with E-state index in [9.17, 15) is 9.59 Å². The van der Waals surface area contributed by atoms with Crippen LogP contribution in [0.1, 0.15) is 29.5 Å². The number of carbonyl (C=O) groups is 2. The lowest BCUT2D eigenvalue weighted by Gasteiger charge is -2.33. The van der Waals surface area contributed by atoms with Crippen LogP contribution in [0.5, 0.6) is 11.5 Å². The van der Waals surface area contributed by atoms with Gasteiger partial charge in [-0.05, 0) is 48.1 Å². The molecule has 3 amide bonds.